The molecule has 2 unspecified atom stereocenters. The van der Waals surface area contributed by atoms with Gasteiger partial charge in [0.15, 0.2) is 17.5 Å². The third kappa shape index (κ3) is 6.22. The average molecular weight is 795 g/mol. The van der Waals surface area contributed by atoms with E-state index in [9.17, 15) is 0 Å². The van der Waals surface area contributed by atoms with Crippen LogP contribution in [0.2, 0.25) is 0 Å². The van der Waals surface area contributed by atoms with E-state index in [1.807, 2.05) is 12.1 Å². The summed E-state index contributed by atoms with van der Waals surface area (Å²) in [7, 11) is 0. The lowest BCUT2D eigenvalue weighted by molar-refractivity contribution is 0.584. The van der Waals surface area contributed by atoms with Crippen LogP contribution in [0, 0.1) is 0 Å². The largest absolute Gasteiger partial charge is 0.456 e. The Morgan fingerprint density at radius 2 is 0.887 bits per heavy atom. The van der Waals surface area contributed by atoms with Crippen LogP contribution in [0.25, 0.3) is 84.6 Å². The van der Waals surface area contributed by atoms with Crippen molar-refractivity contribution in [2.45, 2.75) is 12.0 Å². The Bertz CT molecular complexity index is 3290. The summed E-state index contributed by atoms with van der Waals surface area (Å²) in [4.78, 5) is 17.8. The van der Waals surface area contributed by atoms with Crippen molar-refractivity contribution in [2.75, 3.05) is 4.90 Å². The molecule has 10 aromatic rings. The van der Waals surface area contributed by atoms with Crippen LogP contribution >= 0.6 is 0 Å². The van der Waals surface area contributed by atoms with Crippen molar-refractivity contribution in [2.24, 2.45) is 0 Å². The maximum absolute atomic E-state index is 6.55. The van der Waals surface area contributed by atoms with Crippen LogP contribution in [0.5, 0.6) is 0 Å². The zero-order chi connectivity index (χ0) is 41.0. The summed E-state index contributed by atoms with van der Waals surface area (Å²) in [5.41, 5.74) is 15.4. The van der Waals surface area contributed by atoms with Gasteiger partial charge < -0.3 is 9.32 Å². The first-order valence-electron chi connectivity index (χ1n) is 21.1. The van der Waals surface area contributed by atoms with Gasteiger partial charge >= 0.3 is 0 Å². The normalized spacial score (nSPS) is 15.0. The number of para-hydroxylation sites is 2. The van der Waals surface area contributed by atoms with Gasteiger partial charge in [0.05, 0.1) is 6.04 Å². The molecular weight excluding hydrogens is 757 g/mol. The van der Waals surface area contributed by atoms with E-state index in [-0.39, 0.29) is 12.0 Å². The lowest BCUT2D eigenvalue weighted by Gasteiger charge is -2.30. The van der Waals surface area contributed by atoms with Crippen molar-refractivity contribution in [3.63, 3.8) is 0 Å². The smallest absolute Gasteiger partial charge is 0.164 e. The molecule has 0 bridgehead atoms. The minimum atomic E-state index is 0.139. The van der Waals surface area contributed by atoms with Crippen LogP contribution in [0.15, 0.2) is 217 Å². The molecule has 292 valence electrons. The van der Waals surface area contributed by atoms with E-state index in [1.54, 1.807) is 0 Å². The summed E-state index contributed by atoms with van der Waals surface area (Å²) >= 11 is 0. The summed E-state index contributed by atoms with van der Waals surface area (Å²) in [6.45, 7) is 0. The minimum Gasteiger partial charge on any atom is -0.456 e. The first-order valence-corrected chi connectivity index (χ1v) is 21.1. The molecule has 12 rings (SSSR count). The summed E-state index contributed by atoms with van der Waals surface area (Å²) in [6.07, 6.45) is 4.47. The van der Waals surface area contributed by atoms with E-state index >= 15 is 0 Å². The second-order valence-electron chi connectivity index (χ2n) is 16.0. The molecule has 3 heterocycles. The Labute approximate surface area is 360 Å². The number of hydrogen-bond acceptors (Lipinski definition) is 5. The molecule has 8 aromatic carbocycles. The van der Waals surface area contributed by atoms with E-state index in [0.29, 0.717) is 17.5 Å². The predicted molar refractivity (Wildman–Crippen MR) is 252 cm³/mol. The van der Waals surface area contributed by atoms with Crippen molar-refractivity contribution in [3.05, 3.63) is 229 Å². The Morgan fingerprint density at radius 3 is 1.56 bits per heavy atom. The fourth-order valence-corrected chi connectivity index (χ4v) is 9.32. The molecule has 1 aliphatic carbocycles. The standard InChI is InChI=1S/C57H38N4O/c1-4-13-37(14-5-1)39-23-27-41(28-24-39)55-58-56(60-57(59-55)45-18-12-17-43(35-45)38-15-6-2-7-16-38)42-29-25-40(26-30-42)44-31-33-51-48(36-44)54-52(62-51)34-32-50-53(54)47-21-10-11-22-49(47)61(50)46-19-8-3-9-20-46/h1-36,50,53H. The quantitative estimate of drug-likeness (QED) is 0.161. The monoisotopic (exact) mass is 794 g/mol. The summed E-state index contributed by atoms with van der Waals surface area (Å²) in [6, 6.07) is 72.5. The van der Waals surface area contributed by atoms with E-state index in [1.165, 1.54) is 28.1 Å². The molecule has 0 N–H and O–H groups in total. The zero-order valence-electron chi connectivity index (χ0n) is 33.6. The number of hydrogen-bond donors (Lipinski definition) is 0. The molecule has 0 fully saturated rings. The van der Waals surface area contributed by atoms with Gasteiger partial charge in [0.2, 0.25) is 0 Å². The highest BCUT2D eigenvalue weighted by Crippen LogP contribution is 2.53. The minimum absolute atomic E-state index is 0.139. The lowest BCUT2D eigenvalue weighted by Crippen LogP contribution is -2.30. The molecule has 1 aliphatic heterocycles. The fraction of sp³-hybridized carbons (Fsp3) is 0.0351. The molecule has 0 amide bonds. The van der Waals surface area contributed by atoms with Gasteiger partial charge in [-0.15, -0.1) is 0 Å². The first-order chi connectivity index (χ1) is 30.7. The van der Waals surface area contributed by atoms with Crippen LogP contribution in [0.4, 0.5) is 11.4 Å². The molecule has 0 spiro atoms. The highest BCUT2D eigenvalue weighted by atomic mass is 16.3. The number of furan rings is 1. The Hall–Kier alpha value is -8.15. The van der Waals surface area contributed by atoms with Gasteiger partial charge in [-0.3, -0.25) is 0 Å². The summed E-state index contributed by atoms with van der Waals surface area (Å²) < 4.78 is 6.55. The van der Waals surface area contributed by atoms with Crippen LogP contribution in [-0.2, 0) is 0 Å². The first kappa shape index (κ1) is 35.8. The molecule has 2 atom stereocenters. The molecule has 0 saturated heterocycles. The number of fused-ring (bicyclic) bond motifs is 7. The van der Waals surface area contributed by atoms with Gasteiger partial charge in [0.25, 0.3) is 0 Å². The van der Waals surface area contributed by atoms with E-state index in [0.717, 1.165) is 61.2 Å². The second-order valence-corrected chi connectivity index (χ2v) is 16.0. The maximum atomic E-state index is 6.55. The molecule has 2 aliphatic rings. The molecule has 2 aromatic heterocycles. The van der Waals surface area contributed by atoms with Crippen LogP contribution in [-0.4, -0.2) is 21.0 Å². The van der Waals surface area contributed by atoms with Gasteiger partial charge in [-0.2, -0.15) is 0 Å². The van der Waals surface area contributed by atoms with Crippen LogP contribution in [0.1, 0.15) is 22.8 Å². The van der Waals surface area contributed by atoms with E-state index < -0.39 is 0 Å². The molecule has 62 heavy (non-hydrogen) atoms. The number of aromatic nitrogens is 3. The number of anilines is 2. The van der Waals surface area contributed by atoms with E-state index in [2.05, 4.69) is 211 Å². The van der Waals surface area contributed by atoms with Crippen LogP contribution < -0.4 is 4.90 Å². The average Bonchev–Trinajstić information content (AvgIpc) is 3.90. The number of nitrogens with zero attached hydrogens (tertiary/aromatic N) is 4. The molecule has 5 heteroatoms. The van der Waals surface area contributed by atoms with Gasteiger partial charge in [-0.05, 0) is 81.4 Å². The van der Waals surface area contributed by atoms with Crippen molar-refractivity contribution < 1.29 is 4.42 Å². The third-order valence-corrected chi connectivity index (χ3v) is 12.3. The van der Waals surface area contributed by atoms with Crippen molar-refractivity contribution in [1.29, 1.82) is 0 Å². The van der Waals surface area contributed by atoms with Crippen molar-refractivity contribution in [1.82, 2.24) is 15.0 Å². The van der Waals surface area contributed by atoms with Gasteiger partial charge in [-0.1, -0.05) is 176 Å². The molecule has 0 radical (unpaired) electrons. The highest BCUT2D eigenvalue weighted by molar-refractivity contribution is 5.93. The molecule has 0 saturated carbocycles. The Kier molecular flexibility index (Phi) is 8.56. The SMILES string of the molecule is C1=CC2C(c3ccccc3N2c2ccccc2)c2c1oc1ccc(-c3ccc(-c4nc(-c5ccc(-c6ccccc6)cc5)nc(-c5cccc(-c6ccccc6)c5)n4)cc3)cc21. The van der Waals surface area contributed by atoms with Crippen molar-refractivity contribution >= 4 is 28.4 Å². The topological polar surface area (TPSA) is 55.1 Å². The Balaban J connectivity index is 0.916. The fourth-order valence-electron chi connectivity index (χ4n) is 9.32. The summed E-state index contributed by atoms with van der Waals surface area (Å²) in [5, 5.41) is 1.15. The highest BCUT2D eigenvalue weighted by Gasteiger charge is 2.43. The van der Waals surface area contributed by atoms with E-state index in [4.69, 9.17) is 19.4 Å². The van der Waals surface area contributed by atoms with Gasteiger partial charge in [0, 0.05) is 44.9 Å². The number of rotatable bonds is 7. The Morgan fingerprint density at radius 1 is 0.403 bits per heavy atom. The predicted octanol–water partition coefficient (Wildman–Crippen LogP) is 14.3. The molecular formula is C57H38N4O. The van der Waals surface area contributed by atoms with Crippen LogP contribution in [0.3, 0.4) is 0 Å². The van der Waals surface area contributed by atoms with Gasteiger partial charge in [-0.25, -0.2) is 15.0 Å². The van der Waals surface area contributed by atoms with Gasteiger partial charge in [0.1, 0.15) is 11.3 Å². The summed E-state index contributed by atoms with van der Waals surface area (Å²) in [5.74, 6) is 2.94. The van der Waals surface area contributed by atoms with Crippen molar-refractivity contribution in [3.8, 4) is 67.5 Å². The maximum Gasteiger partial charge on any atom is 0.164 e. The zero-order valence-corrected chi connectivity index (χ0v) is 33.6. The third-order valence-electron chi connectivity index (χ3n) is 12.3. The lowest BCUT2D eigenvalue weighted by atomic mass is 9.82. The molecule has 5 nitrogen and oxygen atoms in total. The number of benzene rings is 8. The second kappa shape index (κ2) is 14.8.